The maximum Gasteiger partial charge on any atom is 0.269 e. The lowest BCUT2D eigenvalue weighted by Gasteiger charge is -2.00. The Balaban J connectivity index is 1.89. The first-order valence-corrected chi connectivity index (χ1v) is 7.45. The number of nitrogens with zero attached hydrogens (tertiary/aromatic N) is 2. The summed E-state index contributed by atoms with van der Waals surface area (Å²) in [5.74, 6) is 0.903. The van der Waals surface area contributed by atoms with Gasteiger partial charge >= 0.3 is 0 Å². The zero-order valence-electron chi connectivity index (χ0n) is 10.3. The molecule has 0 aliphatic heterocycles. The molecule has 0 saturated carbocycles. The highest BCUT2D eigenvalue weighted by molar-refractivity contribution is 8.01. The van der Waals surface area contributed by atoms with Gasteiger partial charge in [0.15, 0.2) is 5.13 Å². The number of rotatable bonds is 5. The van der Waals surface area contributed by atoms with Crippen molar-refractivity contribution in [3.8, 4) is 0 Å². The third-order valence-electron chi connectivity index (χ3n) is 2.54. The van der Waals surface area contributed by atoms with E-state index in [1.165, 1.54) is 23.5 Å². The van der Waals surface area contributed by atoms with Gasteiger partial charge in [0.05, 0.1) is 14.8 Å². The maximum atomic E-state index is 10.5. The van der Waals surface area contributed by atoms with Crippen molar-refractivity contribution in [3.63, 3.8) is 0 Å². The summed E-state index contributed by atoms with van der Waals surface area (Å²) in [6.07, 6.45) is 0.861. The van der Waals surface area contributed by atoms with Gasteiger partial charge in [-0.3, -0.25) is 10.1 Å². The molecule has 0 unspecified atom stereocenters. The number of nitro benzene ring substituents is 1. The number of nitrogens with two attached hydrogens (primary N) is 1. The standard InChI is InChI=1S/C12H13N3O2S2/c1-8-11(19-12(13)14-8)18-7-6-9-2-4-10(5-3-9)15(16)17/h2-5H,6-7H2,1H3,(H2,13,14). The van der Waals surface area contributed by atoms with Crippen molar-refractivity contribution < 1.29 is 4.92 Å². The van der Waals surface area contributed by atoms with Crippen molar-refractivity contribution in [1.29, 1.82) is 0 Å². The van der Waals surface area contributed by atoms with Gasteiger partial charge in [-0.2, -0.15) is 0 Å². The van der Waals surface area contributed by atoms with Gasteiger partial charge in [-0.1, -0.05) is 23.5 Å². The molecule has 0 radical (unpaired) electrons. The van der Waals surface area contributed by atoms with Crippen LogP contribution < -0.4 is 5.73 Å². The molecule has 0 saturated heterocycles. The minimum Gasteiger partial charge on any atom is -0.375 e. The molecule has 0 amide bonds. The summed E-state index contributed by atoms with van der Waals surface area (Å²) in [6.45, 7) is 1.95. The second-order valence-electron chi connectivity index (χ2n) is 3.95. The molecule has 1 aromatic heterocycles. The number of hydrogen-bond acceptors (Lipinski definition) is 6. The number of nitrogen functional groups attached to an aromatic ring is 1. The lowest BCUT2D eigenvalue weighted by Crippen LogP contribution is -1.91. The van der Waals surface area contributed by atoms with Crippen molar-refractivity contribution in [3.05, 3.63) is 45.6 Å². The highest BCUT2D eigenvalue weighted by atomic mass is 32.2. The normalized spacial score (nSPS) is 10.6. The Bertz CT molecular complexity index is 581. The molecule has 100 valence electrons. The first-order chi connectivity index (χ1) is 9.06. The topological polar surface area (TPSA) is 82.0 Å². The van der Waals surface area contributed by atoms with E-state index in [9.17, 15) is 10.1 Å². The van der Waals surface area contributed by atoms with Crippen molar-refractivity contribution in [2.45, 2.75) is 17.6 Å². The first kappa shape index (κ1) is 13.8. The van der Waals surface area contributed by atoms with Crippen LogP contribution >= 0.6 is 23.1 Å². The number of non-ortho nitro benzene ring substituents is 1. The Kier molecular flexibility index (Phi) is 4.39. The molecule has 0 aliphatic rings. The number of aromatic nitrogens is 1. The second-order valence-corrected chi connectivity index (χ2v) is 6.34. The van der Waals surface area contributed by atoms with E-state index >= 15 is 0 Å². The van der Waals surface area contributed by atoms with E-state index in [0.29, 0.717) is 5.13 Å². The Morgan fingerprint density at radius 3 is 2.63 bits per heavy atom. The van der Waals surface area contributed by atoms with E-state index in [1.807, 2.05) is 6.92 Å². The van der Waals surface area contributed by atoms with Crippen molar-refractivity contribution in [2.24, 2.45) is 0 Å². The third kappa shape index (κ3) is 3.68. The Labute approximate surface area is 119 Å². The van der Waals surface area contributed by atoms with E-state index < -0.39 is 0 Å². The summed E-state index contributed by atoms with van der Waals surface area (Å²) < 4.78 is 1.14. The van der Waals surface area contributed by atoms with Crippen LogP contribution in [0.15, 0.2) is 28.5 Å². The highest BCUT2D eigenvalue weighted by Gasteiger charge is 2.07. The van der Waals surface area contributed by atoms with Gasteiger partial charge in [-0.15, -0.1) is 11.8 Å². The van der Waals surface area contributed by atoms with Gasteiger partial charge in [-0.05, 0) is 18.9 Å². The predicted molar refractivity (Wildman–Crippen MR) is 78.8 cm³/mol. The lowest BCUT2D eigenvalue weighted by atomic mass is 10.1. The van der Waals surface area contributed by atoms with Crippen LogP contribution in [-0.4, -0.2) is 15.7 Å². The van der Waals surface area contributed by atoms with Crippen LogP contribution in [0.25, 0.3) is 0 Å². The molecule has 7 heteroatoms. The van der Waals surface area contributed by atoms with Crippen molar-refractivity contribution in [2.75, 3.05) is 11.5 Å². The fourth-order valence-electron chi connectivity index (χ4n) is 1.58. The van der Waals surface area contributed by atoms with Crippen LogP contribution in [0.4, 0.5) is 10.8 Å². The molecule has 0 bridgehead atoms. The molecule has 2 aromatic rings. The number of thiazole rings is 1. The summed E-state index contributed by atoms with van der Waals surface area (Å²) in [4.78, 5) is 14.3. The van der Waals surface area contributed by atoms with E-state index in [2.05, 4.69) is 4.98 Å². The molecule has 5 nitrogen and oxygen atoms in total. The summed E-state index contributed by atoms with van der Waals surface area (Å²) in [5, 5.41) is 11.1. The van der Waals surface area contributed by atoms with Gasteiger partial charge in [0, 0.05) is 17.9 Å². The van der Waals surface area contributed by atoms with Gasteiger partial charge < -0.3 is 5.73 Å². The number of benzene rings is 1. The minimum atomic E-state index is -0.387. The van der Waals surface area contributed by atoms with Gasteiger partial charge in [-0.25, -0.2) is 4.98 Å². The lowest BCUT2D eigenvalue weighted by molar-refractivity contribution is -0.384. The smallest absolute Gasteiger partial charge is 0.269 e. The highest BCUT2D eigenvalue weighted by Crippen LogP contribution is 2.30. The van der Waals surface area contributed by atoms with E-state index in [0.717, 1.165) is 27.6 Å². The van der Waals surface area contributed by atoms with Gasteiger partial charge in [0.2, 0.25) is 0 Å². The van der Waals surface area contributed by atoms with E-state index in [-0.39, 0.29) is 10.6 Å². The number of nitro groups is 1. The number of anilines is 1. The monoisotopic (exact) mass is 295 g/mol. The quantitative estimate of drug-likeness (QED) is 0.520. The Morgan fingerprint density at radius 2 is 2.11 bits per heavy atom. The fourth-order valence-corrected chi connectivity index (χ4v) is 3.67. The van der Waals surface area contributed by atoms with Crippen LogP contribution in [0, 0.1) is 17.0 Å². The van der Waals surface area contributed by atoms with E-state index in [1.54, 1.807) is 23.9 Å². The summed E-state index contributed by atoms with van der Waals surface area (Å²) in [5.41, 5.74) is 7.82. The molecular formula is C12H13N3O2S2. The number of aryl methyl sites for hydroxylation is 2. The zero-order valence-corrected chi connectivity index (χ0v) is 12.0. The zero-order chi connectivity index (χ0) is 13.8. The molecular weight excluding hydrogens is 282 g/mol. The van der Waals surface area contributed by atoms with Gasteiger partial charge in [0.25, 0.3) is 5.69 Å². The molecule has 0 aliphatic carbocycles. The van der Waals surface area contributed by atoms with E-state index in [4.69, 9.17) is 5.73 Å². The van der Waals surface area contributed by atoms with Crippen LogP contribution in [0.5, 0.6) is 0 Å². The molecule has 0 atom stereocenters. The molecule has 0 fully saturated rings. The van der Waals surface area contributed by atoms with Crippen LogP contribution in [0.2, 0.25) is 0 Å². The first-order valence-electron chi connectivity index (χ1n) is 5.65. The molecule has 1 heterocycles. The van der Waals surface area contributed by atoms with Crippen molar-refractivity contribution >= 4 is 33.9 Å². The summed E-state index contributed by atoms with van der Waals surface area (Å²) in [6, 6.07) is 6.67. The van der Waals surface area contributed by atoms with Gasteiger partial charge in [0.1, 0.15) is 0 Å². The van der Waals surface area contributed by atoms with Crippen LogP contribution in [0.3, 0.4) is 0 Å². The molecule has 2 rings (SSSR count). The molecule has 0 spiro atoms. The average Bonchev–Trinajstić information content (AvgIpc) is 2.68. The minimum absolute atomic E-state index is 0.127. The molecule has 2 N–H and O–H groups in total. The number of hydrogen-bond donors (Lipinski definition) is 1. The summed E-state index contributed by atoms with van der Waals surface area (Å²) in [7, 11) is 0. The van der Waals surface area contributed by atoms with Crippen LogP contribution in [-0.2, 0) is 6.42 Å². The Morgan fingerprint density at radius 1 is 1.42 bits per heavy atom. The second kappa shape index (κ2) is 6.03. The predicted octanol–water partition coefficient (Wildman–Crippen LogP) is 3.28. The largest absolute Gasteiger partial charge is 0.375 e. The average molecular weight is 295 g/mol. The number of thioether (sulfide) groups is 1. The fraction of sp³-hybridized carbons (Fsp3) is 0.250. The van der Waals surface area contributed by atoms with Crippen LogP contribution in [0.1, 0.15) is 11.3 Å². The SMILES string of the molecule is Cc1nc(N)sc1SCCc1ccc([N+](=O)[O-])cc1. The Hall–Kier alpha value is -1.60. The molecule has 19 heavy (non-hydrogen) atoms. The van der Waals surface area contributed by atoms with Crippen molar-refractivity contribution in [1.82, 2.24) is 4.98 Å². The summed E-state index contributed by atoms with van der Waals surface area (Å²) >= 11 is 3.21. The third-order valence-corrected chi connectivity index (χ3v) is 4.89. The molecule has 1 aromatic carbocycles. The maximum absolute atomic E-state index is 10.5.